The Kier molecular flexibility index (Phi) is 31.4. The third-order valence-corrected chi connectivity index (χ3v) is 20.6. The lowest BCUT2D eigenvalue weighted by molar-refractivity contribution is -0.136. The van der Waals surface area contributed by atoms with Crippen LogP contribution in [0.3, 0.4) is 0 Å². The van der Waals surface area contributed by atoms with Crippen molar-refractivity contribution >= 4 is 106 Å². The number of anilines is 1. The highest BCUT2D eigenvalue weighted by molar-refractivity contribution is 7.89. The molecule has 0 fully saturated rings. The molecule has 6 aromatic carbocycles. The highest BCUT2D eigenvalue weighted by Crippen LogP contribution is 2.27. The number of nitrogens with one attached hydrogen (secondary N) is 1. The van der Waals surface area contributed by atoms with E-state index in [4.69, 9.17) is 21.7 Å². The Labute approximate surface area is 588 Å². The molecule has 0 aliphatic rings. The van der Waals surface area contributed by atoms with Gasteiger partial charge < -0.3 is 27.0 Å². The van der Waals surface area contributed by atoms with Crippen molar-refractivity contribution in [2.45, 2.75) is 83.4 Å². The van der Waals surface area contributed by atoms with E-state index in [1.165, 1.54) is 121 Å². The minimum absolute atomic E-state index is 0.0166. The second kappa shape index (κ2) is 38.7. The maximum atomic E-state index is 12.4. The summed E-state index contributed by atoms with van der Waals surface area (Å²) in [7, 11) is -1.59. The molecule has 0 unspecified atom stereocenters. The molecule has 0 saturated heterocycles. The molecule has 98 heavy (non-hydrogen) atoms. The first-order valence-electron chi connectivity index (χ1n) is 30.3. The van der Waals surface area contributed by atoms with Gasteiger partial charge in [0.25, 0.3) is 5.91 Å². The summed E-state index contributed by atoms with van der Waals surface area (Å²) in [5, 5.41) is 29.9. The summed E-state index contributed by atoms with van der Waals surface area (Å²) in [6.07, 6.45) is 1.73. The van der Waals surface area contributed by atoms with E-state index in [0.29, 0.717) is 29.4 Å². The lowest BCUT2D eigenvalue weighted by Crippen LogP contribution is -2.30. The van der Waals surface area contributed by atoms with Crippen LogP contribution < -0.4 is 16.8 Å². The number of carboxylic acid groups (broad SMARTS) is 2. The zero-order valence-electron chi connectivity index (χ0n) is 55.9. The van der Waals surface area contributed by atoms with Gasteiger partial charge in [-0.05, 0) is 64.1 Å². The number of carbonyl (C=O) groups is 6. The molecule has 27 heteroatoms. The monoisotopic (exact) mass is 1440 g/mol. The molecule has 0 saturated carbocycles. The number of aromatic nitrogens is 4. The zero-order valence-corrected chi connectivity index (χ0v) is 60.8. The van der Waals surface area contributed by atoms with Crippen molar-refractivity contribution in [3.8, 4) is 45.0 Å². The summed E-state index contributed by atoms with van der Waals surface area (Å²) < 4.78 is 49.9. The fraction of sp³-hybridized carbons (Fsp3) is 0.239. The van der Waals surface area contributed by atoms with Crippen LogP contribution >= 0.6 is 45.3 Å². The van der Waals surface area contributed by atoms with E-state index in [1.54, 1.807) is 18.3 Å². The fourth-order valence-electron chi connectivity index (χ4n) is 7.95. The lowest BCUT2D eigenvalue weighted by Gasteiger charge is -2.12. The third-order valence-electron chi connectivity index (χ3n) is 13.7. The number of nitrogens with zero attached hydrogens (tertiary/aromatic N) is 6. The third kappa shape index (κ3) is 25.7. The van der Waals surface area contributed by atoms with Crippen LogP contribution in [-0.2, 0) is 58.5 Å². The molecular formula is C71H79N9O12S6. The Balaban J connectivity index is 0.000000225. The van der Waals surface area contributed by atoms with Crippen molar-refractivity contribution in [1.29, 1.82) is 0 Å². The van der Waals surface area contributed by atoms with Crippen LogP contribution in [-0.4, -0.2) is 132 Å². The van der Waals surface area contributed by atoms with E-state index in [1.807, 2.05) is 71.8 Å². The van der Waals surface area contributed by atoms with Crippen LogP contribution in [0.2, 0.25) is 0 Å². The first-order chi connectivity index (χ1) is 46.4. The molecule has 0 aliphatic heterocycles. The summed E-state index contributed by atoms with van der Waals surface area (Å²) in [6.45, 7) is 11.6. The number of sulfonamides is 2. The molecule has 10 aromatic rings. The number of aryl methyl sites for hydroxylation is 4. The Morgan fingerprint density at radius 1 is 0.459 bits per heavy atom. The van der Waals surface area contributed by atoms with Gasteiger partial charge in [-0.2, -0.15) is 0 Å². The quantitative estimate of drug-likeness (QED) is 0.0446. The second-order valence-electron chi connectivity index (χ2n) is 22.0. The zero-order chi connectivity index (χ0) is 72.3. The van der Waals surface area contributed by atoms with Crippen LogP contribution in [0.4, 0.5) is 5.13 Å². The number of benzene rings is 6. The number of rotatable bonds is 21. The number of aromatic carboxylic acids is 1. The van der Waals surface area contributed by atoms with Crippen molar-refractivity contribution in [2.75, 3.05) is 47.0 Å². The number of carbonyl (C=O) groups excluding carboxylic acids is 4. The molecule has 0 bridgehead atoms. The summed E-state index contributed by atoms with van der Waals surface area (Å²) in [4.78, 5) is 84.9. The molecular weight excluding hydrogens is 1360 g/mol. The van der Waals surface area contributed by atoms with Gasteiger partial charge in [0.05, 0.1) is 70.5 Å². The standard InChI is InChI=1S/C22H23N3O4S2.C14H15NOS.C13H14N2OS.C10H10N2S.C9H11NO4S.C3H6O2/c1-15-7-9-16(10-8-15)20-14-30-21(24-20)12-18(26)13-23-22(27)17-5-4-6-19(11-17)31(28,29)25(2)3;1-3-12(16)8-14-15-13(9-17-14)11-6-4-10(2)5-7-11;1-9-2-4-10(5-3-9)12-8-17-13(15-12)6-11(16)7-14;1-7-2-4-8(5-3-7)9-6-13-10(11)12-9;1-10(2)15(13,14)8-5-3-4-7(6-8)9(11)12;1-2-3(4)5/h4-11,14H,12-13H2,1-3H3,(H,23,27);4-7,9H,3,8H2,1-2H3;2-5,8H,6-7,14H2,1H3;2-6H,1H3,(H2,11,12);3-6H,1-2H3,(H,11,12);2H2,1H3,(H,4,5). The van der Waals surface area contributed by atoms with Gasteiger partial charge in [0.2, 0.25) is 20.0 Å². The number of amides is 1. The first-order valence-corrected chi connectivity index (χ1v) is 36.7. The molecule has 10 rings (SSSR count). The van der Waals surface area contributed by atoms with Crippen LogP contribution in [0, 0.1) is 27.7 Å². The smallest absolute Gasteiger partial charge is 0.335 e. The largest absolute Gasteiger partial charge is 0.481 e. The minimum atomic E-state index is -3.65. The fourth-order valence-corrected chi connectivity index (χ4v) is 12.9. The van der Waals surface area contributed by atoms with Crippen LogP contribution in [0.25, 0.3) is 45.0 Å². The Bertz CT molecular complexity index is 4410. The molecule has 0 spiro atoms. The van der Waals surface area contributed by atoms with E-state index < -0.39 is 37.9 Å². The van der Waals surface area contributed by atoms with Gasteiger partial charge in [-0.25, -0.2) is 50.2 Å². The average Bonchev–Trinajstić information content (AvgIpc) is 1.43. The highest BCUT2D eigenvalue weighted by Gasteiger charge is 2.21. The normalized spacial score (nSPS) is 10.8. The predicted octanol–water partition coefficient (Wildman–Crippen LogP) is 12.6. The Morgan fingerprint density at radius 2 is 0.786 bits per heavy atom. The van der Waals surface area contributed by atoms with Crippen molar-refractivity contribution < 1.29 is 55.8 Å². The number of aliphatic carboxylic acids is 1. The van der Waals surface area contributed by atoms with E-state index in [9.17, 15) is 45.6 Å². The van der Waals surface area contributed by atoms with Crippen molar-refractivity contribution in [3.05, 3.63) is 216 Å². The summed E-state index contributed by atoms with van der Waals surface area (Å²) in [6, 6.07) is 43.7. The van der Waals surface area contributed by atoms with Crippen LogP contribution in [0.5, 0.6) is 0 Å². The lowest BCUT2D eigenvalue weighted by atomic mass is 10.1. The number of ketones is 3. The summed E-state index contributed by atoms with van der Waals surface area (Å²) in [5.74, 6) is -2.32. The van der Waals surface area contributed by atoms with Gasteiger partial charge in [-0.15, -0.1) is 45.3 Å². The average molecular weight is 1440 g/mol. The SMILES string of the molecule is CCC(=O)Cc1nc(-c2ccc(C)cc2)cs1.CCC(=O)O.CN(C)S(=O)(=O)c1cccc(C(=O)O)c1.Cc1ccc(-c2csc(CC(=O)CN)n2)cc1.Cc1ccc(-c2csc(CC(=O)CNC(=O)c3cccc(S(=O)(=O)N(C)C)c3)n2)cc1.Cc1ccc(-c2csc(N)n2)cc1. The number of hydrogen-bond donors (Lipinski definition) is 5. The summed E-state index contributed by atoms with van der Waals surface area (Å²) >= 11 is 5.93. The molecule has 4 heterocycles. The van der Waals surface area contributed by atoms with Gasteiger partial charge in [0.1, 0.15) is 20.8 Å². The van der Waals surface area contributed by atoms with E-state index in [-0.39, 0.29) is 64.2 Å². The molecule has 0 atom stereocenters. The summed E-state index contributed by atoms with van der Waals surface area (Å²) in [5.41, 5.74) is 23.8. The van der Waals surface area contributed by atoms with Gasteiger partial charge in [-0.1, -0.05) is 145 Å². The number of carboxylic acids is 2. The van der Waals surface area contributed by atoms with E-state index in [2.05, 4.69) is 107 Å². The minimum Gasteiger partial charge on any atom is -0.481 e. The van der Waals surface area contributed by atoms with Crippen LogP contribution in [0.1, 0.15) is 84.7 Å². The number of Topliss-reactive ketones (excluding diaryl/α,β-unsaturated/α-hetero) is 3. The molecule has 1 amide bonds. The van der Waals surface area contributed by atoms with Gasteiger partial charge in [0.15, 0.2) is 16.7 Å². The maximum absolute atomic E-state index is 12.4. The van der Waals surface area contributed by atoms with Gasteiger partial charge >= 0.3 is 11.9 Å². The second-order valence-corrected chi connectivity index (χ2v) is 30.0. The molecule has 21 nitrogen and oxygen atoms in total. The first kappa shape index (κ1) is 79.5. The van der Waals surface area contributed by atoms with Crippen molar-refractivity contribution in [3.63, 3.8) is 0 Å². The molecule has 516 valence electrons. The maximum Gasteiger partial charge on any atom is 0.335 e. The number of nitrogens with two attached hydrogens (primary N) is 2. The Hall–Kier alpha value is -9.16. The molecule has 7 N–H and O–H groups in total. The highest BCUT2D eigenvalue weighted by atomic mass is 32.2. The van der Waals surface area contributed by atoms with Crippen molar-refractivity contribution in [1.82, 2.24) is 33.9 Å². The molecule has 0 aliphatic carbocycles. The van der Waals surface area contributed by atoms with E-state index in [0.717, 1.165) is 75.3 Å². The molecule has 0 radical (unpaired) electrons. The van der Waals surface area contributed by atoms with Crippen LogP contribution in [0.15, 0.2) is 177 Å². The van der Waals surface area contributed by atoms with Crippen molar-refractivity contribution in [2.24, 2.45) is 5.73 Å². The molecule has 4 aromatic heterocycles. The van der Waals surface area contributed by atoms with Gasteiger partial charge in [-0.3, -0.25) is 24.0 Å². The number of hydrogen-bond acceptors (Lipinski definition) is 20. The van der Waals surface area contributed by atoms with E-state index >= 15 is 0 Å². The predicted molar refractivity (Wildman–Crippen MR) is 391 cm³/mol. The number of thiazole rings is 4. The number of nitrogen functional groups attached to an aromatic ring is 1. The topological polar surface area (TPSA) is 333 Å². The Morgan fingerprint density at radius 3 is 1.10 bits per heavy atom. The van der Waals surface area contributed by atoms with Gasteiger partial charge in [0, 0.05) is 90.4 Å².